The van der Waals surface area contributed by atoms with Crippen LogP contribution in [0.5, 0.6) is 0 Å². The van der Waals surface area contributed by atoms with Crippen molar-refractivity contribution in [3.05, 3.63) is 35.4 Å². The van der Waals surface area contributed by atoms with Gasteiger partial charge >= 0.3 is 0 Å². The number of rotatable bonds is 5. The van der Waals surface area contributed by atoms with Crippen LogP contribution in [0.25, 0.3) is 0 Å². The van der Waals surface area contributed by atoms with Crippen molar-refractivity contribution in [3.8, 4) is 0 Å². The van der Waals surface area contributed by atoms with Crippen molar-refractivity contribution in [3.63, 3.8) is 0 Å². The van der Waals surface area contributed by atoms with E-state index in [1.165, 1.54) is 11.1 Å². The van der Waals surface area contributed by atoms with Crippen molar-refractivity contribution in [2.45, 2.75) is 38.0 Å². The van der Waals surface area contributed by atoms with Crippen LogP contribution < -0.4 is 0 Å². The Morgan fingerprint density at radius 3 is 3.05 bits per heavy atom. The molecule has 1 aliphatic heterocycles. The number of likely N-dealkylation sites (tertiary alicyclic amines) is 1. The summed E-state index contributed by atoms with van der Waals surface area (Å²) in [7, 11) is 0. The molecule has 1 aromatic rings. The quantitative estimate of drug-likeness (QED) is 0.907. The summed E-state index contributed by atoms with van der Waals surface area (Å²) >= 11 is 1.66. The van der Waals surface area contributed by atoms with Crippen LogP contribution in [0, 0.1) is 6.92 Å². The minimum Gasteiger partial charge on any atom is -0.394 e. The van der Waals surface area contributed by atoms with Crippen LogP contribution in [0.15, 0.2) is 24.3 Å². The highest BCUT2D eigenvalue weighted by atomic mass is 32.2. The number of thioether (sulfide) groups is 1. The lowest BCUT2D eigenvalue weighted by atomic mass is 10.0. The van der Waals surface area contributed by atoms with Gasteiger partial charge in [0.2, 0.25) is 5.91 Å². The predicted molar refractivity (Wildman–Crippen MR) is 83.8 cm³/mol. The molecule has 0 saturated carbocycles. The predicted octanol–water partition coefficient (Wildman–Crippen LogP) is 2.60. The molecule has 20 heavy (non-hydrogen) atoms. The summed E-state index contributed by atoms with van der Waals surface area (Å²) < 4.78 is 0. The molecule has 0 aliphatic carbocycles. The van der Waals surface area contributed by atoms with Gasteiger partial charge in [0, 0.05) is 12.3 Å². The van der Waals surface area contributed by atoms with Crippen LogP contribution in [0.4, 0.5) is 0 Å². The third-order valence-corrected chi connectivity index (χ3v) is 4.72. The molecule has 0 spiro atoms. The molecule has 110 valence electrons. The Balaban J connectivity index is 1.79. The van der Waals surface area contributed by atoms with Gasteiger partial charge in [-0.2, -0.15) is 0 Å². The summed E-state index contributed by atoms with van der Waals surface area (Å²) in [6, 6.07) is 8.44. The number of carbonyl (C=O) groups is 1. The third-order valence-electron chi connectivity index (χ3n) is 3.73. The van der Waals surface area contributed by atoms with Crippen molar-refractivity contribution in [1.29, 1.82) is 0 Å². The highest BCUT2D eigenvalue weighted by Crippen LogP contribution is 2.19. The minimum absolute atomic E-state index is 0.0378. The number of piperidine rings is 1. The van der Waals surface area contributed by atoms with Gasteiger partial charge in [0.25, 0.3) is 0 Å². The average Bonchev–Trinajstić information content (AvgIpc) is 2.47. The van der Waals surface area contributed by atoms with Crippen molar-refractivity contribution >= 4 is 17.7 Å². The van der Waals surface area contributed by atoms with Gasteiger partial charge in [-0.25, -0.2) is 0 Å². The number of carbonyl (C=O) groups excluding carboxylic acids is 1. The molecule has 1 amide bonds. The van der Waals surface area contributed by atoms with Gasteiger partial charge in [-0.3, -0.25) is 4.79 Å². The smallest absolute Gasteiger partial charge is 0.232 e. The Hall–Kier alpha value is -1.00. The average molecular weight is 293 g/mol. The second-order valence-electron chi connectivity index (χ2n) is 5.40. The molecular formula is C16H23NO2S. The summed E-state index contributed by atoms with van der Waals surface area (Å²) in [4.78, 5) is 14.1. The Labute approximate surface area is 125 Å². The molecule has 1 aliphatic rings. The number of aryl methyl sites for hydroxylation is 1. The summed E-state index contributed by atoms with van der Waals surface area (Å²) in [6.45, 7) is 2.97. The van der Waals surface area contributed by atoms with E-state index < -0.39 is 0 Å². The summed E-state index contributed by atoms with van der Waals surface area (Å²) in [5, 5.41) is 9.34. The van der Waals surface area contributed by atoms with Crippen molar-refractivity contribution in [1.82, 2.24) is 4.90 Å². The largest absolute Gasteiger partial charge is 0.394 e. The van der Waals surface area contributed by atoms with Crippen molar-refractivity contribution in [2.24, 2.45) is 0 Å². The SMILES string of the molecule is Cc1cccc(CSCC(=O)N2CCCCC2CO)c1. The summed E-state index contributed by atoms with van der Waals surface area (Å²) in [5.74, 6) is 1.54. The maximum atomic E-state index is 12.2. The zero-order valence-electron chi connectivity index (χ0n) is 12.0. The van der Waals surface area contributed by atoms with Crippen LogP contribution >= 0.6 is 11.8 Å². The third kappa shape index (κ3) is 4.25. The monoisotopic (exact) mass is 293 g/mol. The highest BCUT2D eigenvalue weighted by molar-refractivity contribution is 7.99. The Kier molecular flexibility index (Phi) is 5.92. The number of hydrogen-bond donors (Lipinski definition) is 1. The van der Waals surface area contributed by atoms with Gasteiger partial charge in [-0.05, 0) is 31.7 Å². The number of benzene rings is 1. The highest BCUT2D eigenvalue weighted by Gasteiger charge is 2.25. The summed E-state index contributed by atoms with van der Waals surface area (Å²) in [6.07, 6.45) is 3.11. The fourth-order valence-corrected chi connectivity index (χ4v) is 3.52. The number of amides is 1. The number of hydrogen-bond acceptors (Lipinski definition) is 3. The minimum atomic E-state index is 0.0378. The van der Waals surface area contributed by atoms with Crippen molar-refractivity contribution < 1.29 is 9.90 Å². The van der Waals surface area contributed by atoms with Crippen LogP contribution in [-0.4, -0.2) is 40.9 Å². The van der Waals surface area contributed by atoms with Gasteiger partial charge in [0.15, 0.2) is 0 Å². The van der Waals surface area contributed by atoms with Crippen molar-refractivity contribution in [2.75, 3.05) is 18.9 Å². The number of nitrogens with zero attached hydrogens (tertiary/aromatic N) is 1. The van der Waals surface area contributed by atoms with Gasteiger partial charge in [-0.1, -0.05) is 29.8 Å². The van der Waals surface area contributed by atoms with E-state index in [4.69, 9.17) is 0 Å². The van der Waals surface area contributed by atoms with E-state index in [-0.39, 0.29) is 18.6 Å². The lowest BCUT2D eigenvalue weighted by molar-refractivity contribution is -0.132. The van der Waals surface area contributed by atoms with E-state index in [1.54, 1.807) is 11.8 Å². The molecular weight excluding hydrogens is 270 g/mol. The standard InChI is InChI=1S/C16H23NO2S/c1-13-5-4-6-14(9-13)11-20-12-16(19)17-8-3-2-7-15(17)10-18/h4-6,9,15,18H,2-3,7-8,10-12H2,1H3. The number of aliphatic hydroxyl groups excluding tert-OH is 1. The molecule has 1 unspecified atom stereocenters. The molecule has 1 saturated heterocycles. The Bertz CT molecular complexity index is 450. The van der Waals surface area contributed by atoms with E-state index >= 15 is 0 Å². The summed E-state index contributed by atoms with van der Waals surface area (Å²) in [5.41, 5.74) is 2.52. The van der Waals surface area contributed by atoms with E-state index in [9.17, 15) is 9.90 Å². The lowest BCUT2D eigenvalue weighted by Crippen LogP contribution is -2.46. The van der Waals surface area contributed by atoms with Crippen LogP contribution in [-0.2, 0) is 10.5 Å². The second-order valence-corrected chi connectivity index (χ2v) is 6.39. The molecule has 0 bridgehead atoms. The zero-order chi connectivity index (χ0) is 14.4. The first-order valence-electron chi connectivity index (χ1n) is 7.24. The maximum Gasteiger partial charge on any atom is 0.232 e. The molecule has 2 rings (SSSR count). The van der Waals surface area contributed by atoms with Gasteiger partial charge in [0.05, 0.1) is 18.4 Å². The molecule has 0 radical (unpaired) electrons. The normalized spacial score (nSPS) is 19.1. The molecule has 1 N–H and O–H groups in total. The first kappa shape index (κ1) is 15.4. The number of aliphatic hydroxyl groups is 1. The topological polar surface area (TPSA) is 40.5 Å². The zero-order valence-corrected chi connectivity index (χ0v) is 12.9. The first-order valence-corrected chi connectivity index (χ1v) is 8.40. The second kappa shape index (κ2) is 7.70. The molecule has 1 heterocycles. The van der Waals surface area contributed by atoms with E-state index in [1.807, 2.05) is 4.90 Å². The molecule has 1 atom stereocenters. The maximum absolute atomic E-state index is 12.2. The van der Waals surface area contributed by atoms with Crippen LogP contribution in [0.2, 0.25) is 0 Å². The Morgan fingerprint density at radius 1 is 1.45 bits per heavy atom. The van der Waals surface area contributed by atoms with E-state index in [0.29, 0.717) is 5.75 Å². The lowest BCUT2D eigenvalue weighted by Gasteiger charge is -2.34. The fourth-order valence-electron chi connectivity index (χ4n) is 2.66. The van der Waals surface area contributed by atoms with Crippen LogP contribution in [0.1, 0.15) is 30.4 Å². The van der Waals surface area contributed by atoms with Gasteiger partial charge < -0.3 is 10.0 Å². The van der Waals surface area contributed by atoms with Gasteiger partial charge in [-0.15, -0.1) is 11.8 Å². The van der Waals surface area contributed by atoms with Crippen LogP contribution in [0.3, 0.4) is 0 Å². The van der Waals surface area contributed by atoms with E-state index in [0.717, 1.165) is 31.6 Å². The van der Waals surface area contributed by atoms with Gasteiger partial charge in [0.1, 0.15) is 0 Å². The van der Waals surface area contributed by atoms with E-state index in [2.05, 4.69) is 31.2 Å². The molecule has 4 heteroatoms. The first-order chi connectivity index (χ1) is 9.70. The molecule has 0 aromatic heterocycles. The fraction of sp³-hybridized carbons (Fsp3) is 0.562. The molecule has 1 fully saturated rings. The molecule has 3 nitrogen and oxygen atoms in total. The molecule has 1 aromatic carbocycles. The Morgan fingerprint density at radius 2 is 2.30 bits per heavy atom.